The summed E-state index contributed by atoms with van der Waals surface area (Å²) in [5, 5.41) is 0. The van der Waals surface area contributed by atoms with Crippen LogP contribution in [0.2, 0.25) is 0 Å². The highest BCUT2D eigenvalue weighted by atomic mass is 16.2. The fourth-order valence-corrected chi connectivity index (χ4v) is 3.16. The lowest BCUT2D eigenvalue weighted by molar-refractivity contribution is 0.583. The van der Waals surface area contributed by atoms with Gasteiger partial charge in [0.25, 0.3) is 5.56 Å². The first-order valence-corrected chi connectivity index (χ1v) is 8.64. The van der Waals surface area contributed by atoms with E-state index in [0.717, 1.165) is 11.3 Å². The van der Waals surface area contributed by atoms with Crippen LogP contribution in [0.4, 0.5) is 5.69 Å². The topological polar surface area (TPSA) is 83.9 Å². The Labute approximate surface area is 154 Å². The van der Waals surface area contributed by atoms with Gasteiger partial charge in [0, 0.05) is 19.8 Å². The molecule has 0 spiro atoms. The number of fused-ring (bicyclic) bond motifs is 2. The second-order valence-corrected chi connectivity index (χ2v) is 6.68. The SMILES string of the molecule is C[C@@H](c1ccccc1)n1c(=O)[nH]c2nc3cc(N(C)C)ccc3nc2c1=O. The normalized spacial score (nSPS) is 12.4. The van der Waals surface area contributed by atoms with Crippen molar-refractivity contribution in [1.29, 1.82) is 0 Å². The molecule has 0 saturated heterocycles. The number of hydrogen-bond donors (Lipinski definition) is 1. The van der Waals surface area contributed by atoms with Gasteiger partial charge in [0.2, 0.25) is 0 Å². The highest BCUT2D eigenvalue weighted by Crippen LogP contribution is 2.20. The smallest absolute Gasteiger partial charge is 0.330 e. The van der Waals surface area contributed by atoms with Crippen LogP contribution in [0.15, 0.2) is 58.1 Å². The summed E-state index contributed by atoms with van der Waals surface area (Å²) in [6.45, 7) is 1.82. The van der Waals surface area contributed by atoms with Crippen LogP contribution in [-0.2, 0) is 0 Å². The first kappa shape index (κ1) is 17.0. The quantitative estimate of drug-likeness (QED) is 0.566. The molecule has 2 aromatic carbocycles. The minimum atomic E-state index is -0.499. The van der Waals surface area contributed by atoms with Gasteiger partial charge in [0.15, 0.2) is 11.2 Å². The van der Waals surface area contributed by atoms with E-state index in [0.29, 0.717) is 11.0 Å². The van der Waals surface area contributed by atoms with E-state index in [9.17, 15) is 9.59 Å². The van der Waals surface area contributed by atoms with Crippen LogP contribution in [0.25, 0.3) is 22.2 Å². The summed E-state index contributed by atoms with van der Waals surface area (Å²) < 4.78 is 1.19. The molecule has 0 fully saturated rings. The first-order chi connectivity index (χ1) is 13.0. The van der Waals surface area contributed by atoms with Gasteiger partial charge in [-0.05, 0) is 30.7 Å². The zero-order chi connectivity index (χ0) is 19.1. The molecule has 0 radical (unpaired) electrons. The molecule has 7 heteroatoms. The molecule has 0 aliphatic rings. The van der Waals surface area contributed by atoms with Crippen molar-refractivity contribution in [3.05, 3.63) is 74.9 Å². The van der Waals surface area contributed by atoms with Crippen molar-refractivity contribution in [3.8, 4) is 0 Å². The molecule has 27 heavy (non-hydrogen) atoms. The number of nitrogens with zero attached hydrogens (tertiary/aromatic N) is 4. The predicted octanol–water partition coefficient (Wildman–Crippen LogP) is 2.31. The minimum Gasteiger partial charge on any atom is -0.378 e. The fourth-order valence-electron chi connectivity index (χ4n) is 3.16. The summed E-state index contributed by atoms with van der Waals surface area (Å²) >= 11 is 0. The lowest BCUT2D eigenvalue weighted by Gasteiger charge is -2.15. The van der Waals surface area contributed by atoms with E-state index >= 15 is 0 Å². The molecule has 0 bridgehead atoms. The van der Waals surface area contributed by atoms with Gasteiger partial charge in [-0.3, -0.25) is 14.3 Å². The molecule has 0 amide bonds. The van der Waals surface area contributed by atoms with E-state index in [4.69, 9.17) is 0 Å². The Balaban J connectivity index is 1.96. The summed E-state index contributed by atoms with van der Waals surface area (Å²) in [4.78, 5) is 39.2. The van der Waals surface area contributed by atoms with Crippen molar-refractivity contribution in [1.82, 2.24) is 19.5 Å². The van der Waals surface area contributed by atoms with E-state index < -0.39 is 17.3 Å². The molecule has 0 unspecified atom stereocenters. The van der Waals surface area contributed by atoms with Gasteiger partial charge < -0.3 is 4.90 Å². The zero-order valence-corrected chi connectivity index (χ0v) is 15.3. The summed E-state index contributed by atoms with van der Waals surface area (Å²) in [5.41, 5.74) is 2.47. The Morgan fingerprint density at radius 3 is 2.44 bits per heavy atom. The summed E-state index contributed by atoms with van der Waals surface area (Å²) in [5.74, 6) is 0. The predicted molar refractivity (Wildman–Crippen MR) is 107 cm³/mol. The Morgan fingerprint density at radius 1 is 1.00 bits per heavy atom. The average molecular weight is 361 g/mol. The van der Waals surface area contributed by atoms with Gasteiger partial charge >= 0.3 is 5.69 Å². The highest BCUT2D eigenvalue weighted by Gasteiger charge is 2.17. The molecular formula is C20H19N5O2. The molecule has 7 nitrogen and oxygen atoms in total. The van der Waals surface area contributed by atoms with Crippen LogP contribution in [0.1, 0.15) is 18.5 Å². The van der Waals surface area contributed by atoms with Crippen molar-refractivity contribution >= 4 is 27.9 Å². The molecule has 0 saturated carbocycles. The van der Waals surface area contributed by atoms with Gasteiger partial charge in [-0.1, -0.05) is 30.3 Å². The Hall–Kier alpha value is -3.48. The molecule has 0 aliphatic heterocycles. The maximum Gasteiger partial charge on any atom is 0.330 e. The van der Waals surface area contributed by atoms with E-state index in [1.165, 1.54) is 4.57 Å². The van der Waals surface area contributed by atoms with Gasteiger partial charge in [-0.25, -0.2) is 14.8 Å². The number of rotatable bonds is 3. The van der Waals surface area contributed by atoms with Gasteiger partial charge in [-0.15, -0.1) is 0 Å². The lowest BCUT2D eigenvalue weighted by Crippen LogP contribution is -2.38. The average Bonchev–Trinajstić information content (AvgIpc) is 2.67. The van der Waals surface area contributed by atoms with Crippen LogP contribution in [-0.4, -0.2) is 33.6 Å². The monoisotopic (exact) mass is 361 g/mol. The second-order valence-electron chi connectivity index (χ2n) is 6.68. The molecule has 2 aromatic heterocycles. The third-order valence-electron chi connectivity index (χ3n) is 4.70. The molecule has 1 atom stereocenters. The van der Waals surface area contributed by atoms with Crippen molar-refractivity contribution < 1.29 is 0 Å². The fraction of sp³-hybridized carbons (Fsp3) is 0.200. The number of anilines is 1. The van der Waals surface area contributed by atoms with Gasteiger partial charge in [0.05, 0.1) is 17.1 Å². The molecule has 1 N–H and O–H groups in total. The van der Waals surface area contributed by atoms with Crippen LogP contribution < -0.4 is 16.1 Å². The van der Waals surface area contributed by atoms with Crippen molar-refractivity contribution in [2.75, 3.05) is 19.0 Å². The summed E-state index contributed by atoms with van der Waals surface area (Å²) in [7, 11) is 3.86. The van der Waals surface area contributed by atoms with Gasteiger partial charge in [-0.2, -0.15) is 0 Å². The standard InChI is InChI=1S/C20H19N5O2/c1-12(13-7-5-4-6-8-13)25-19(26)17-18(23-20(25)27)22-16-11-14(24(2)3)9-10-15(16)21-17/h4-12H,1-3H3,(H,22,23,27)/t12-/m0/s1. The molecule has 4 rings (SSSR count). The molecule has 4 aromatic rings. The molecule has 2 heterocycles. The largest absolute Gasteiger partial charge is 0.378 e. The van der Waals surface area contributed by atoms with Gasteiger partial charge in [0.1, 0.15) is 0 Å². The molecule has 0 aliphatic carbocycles. The van der Waals surface area contributed by atoms with E-state index in [1.807, 2.05) is 74.4 Å². The zero-order valence-electron chi connectivity index (χ0n) is 15.3. The van der Waals surface area contributed by atoms with E-state index in [1.54, 1.807) is 0 Å². The number of H-pyrrole nitrogens is 1. The summed E-state index contributed by atoms with van der Waals surface area (Å²) in [6, 6.07) is 14.6. The maximum atomic E-state index is 13.0. The second kappa shape index (κ2) is 6.35. The minimum absolute atomic E-state index is 0.155. The maximum absolute atomic E-state index is 13.0. The number of aromatic amines is 1. The summed E-state index contributed by atoms with van der Waals surface area (Å²) in [6.07, 6.45) is 0. The third-order valence-corrected chi connectivity index (χ3v) is 4.70. The molecule has 136 valence electrons. The number of nitrogens with one attached hydrogen (secondary N) is 1. The van der Waals surface area contributed by atoms with Crippen molar-refractivity contribution in [2.45, 2.75) is 13.0 Å². The van der Waals surface area contributed by atoms with Crippen LogP contribution in [0.3, 0.4) is 0 Å². The Bertz CT molecular complexity index is 1260. The van der Waals surface area contributed by atoms with Crippen molar-refractivity contribution in [2.24, 2.45) is 0 Å². The molecular weight excluding hydrogens is 342 g/mol. The number of aromatic nitrogens is 4. The Morgan fingerprint density at radius 2 is 1.74 bits per heavy atom. The Kier molecular flexibility index (Phi) is 3.99. The van der Waals surface area contributed by atoms with Crippen molar-refractivity contribution in [3.63, 3.8) is 0 Å². The van der Waals surface area contributed by atoms with Crippen LogP contribution >= 0.6 is 0 Å². The van der Waals surface area contributed by atoms with Crippen LogP contribution in [0, 0.1) is 0 Å². The first-order valence-electron chi connectivity index (χ1n) is 8.64. The van der Waals surface area contributed by atoms with E-state index in [-0.39, 0.29) is 11.2 Å². The van der Waals surface area contributed by atoms with Crippen LogP contribution in [0.5, 0.6) is 0 Å². The highest BCUT2D eigenvalue weighted by molar-refractivity contribution is 5.86. The third kappa shape index (κ3) is 2.87. The van der Waals surface area contributed by atoms with E-state index in [2.05, 4.69) is 15.0 Å². The lowest BCUT2D eigenvalue weighted by atomic mass is 10.1. The number of hydrogen-bond acceptors (Lipinski definition) is 5. The number of benzene rings is 2.